The molecular formula is C21H15FN8S. The summed E-state index contributed by atoms with van der Waals surface area (Å²) in [5.41, 5.74) is 5.27. The van der Waals surface area contributed by atoms with Crippen molar-refractivity contribution >= 4 is 51.9 Å². The van der Waals surface area contributed by atoms with E-state index in [0.717, 1.165) is 49.5 Å². The predicted molar refractivity (Wildman–Crippen MR) is 122 cm³/mol. The Morgan fingerprint density at radius 1 is 1.23 bits per heavy atom. The maximum Gasteiger partial charge on any atom is 0.176 e. The SMILES string of the molecule is C=N/C=N\C=C(/C)c1cc2c(-c3nc4c(-c5ccc(F)s5)cncc4[nH]3)n[nH]c2cn1. The quantitative estimate of drug-likeness (QED) is 0.307. The van der Waals surface area contributed by atoms with E-state index in [1.54, 1.807) is 30.9 Å². The minimum atomic E-state index is -0.252. The van der Waals surface area contributed by atoms with Crippen LogP contribution in [-0.4, -0.2) is 43.2 Å². The monoisotopic (exact) mass is 430 g/mol. The zero-order valence-electron chi connectivity index (χ0n) is 16.3. The highest BCUT2D eigenvalue weighted by molar-refractivity contribution is 7.14. The normalized spacial score (nSPS) is 12.4. The van der Waals surface area contributed by atoms with Crippen molar-refractivity contribution in [2.75, 3.05) is 0 Å². The van der Waals surface area contributed by atoms with Crippen molar-refractivity contribution in [2.45, 2.75) is 6.92 Å². The van der Waals surface area contributed by atoms with Gasteiger partial charge in [0.2, 0.25) is 0 Å². The molecule has 8 nitrogen and oxygen atoms in total. The van der Waals surface area contributed by atoms with Gasteiger partial charge < -0.3 is 4.98 Å². The fraction of sp³-hybridized carbons (Fsp3) is 0.0476. The summed E-state index contributed by atoms with van der Waals surface area (Å²) in [6, 6.07) is 5.09. The summed E-state index contributed by atoms with van der Waals surface area (Å²) in [7, 11) is 0. The number of aliphatic imine (C=N–C) groups is 2. The standard InChI is InChI=1S/C21H15FN8S/c1-11(6-25-10-23-2)14-5-12-15(9-26-14)29-30-20(12)21-27-16-8-24-7-13(19(16)28-21)17-3-4-18(22)31-17/h3-10H,2H2,1H3,(H,27,28)(H,29,30)/b11-6+,25-10-. The van der Waals surface area contributed by atoms with E-state index in [-0.39, 0.29) is 5.13 Å². The molecule has 0 aliphatic rings. The minimum absolute atomic E-state index is 0.252. The number of halogens is 1. The van der Waals surface area contributed by atoms with Crippen LogP contribution < -0.4 is 0 Å². The number of aromatic nitrogens is 6. The number of hydrogen-bond donors (Lipinski definition) is 2. The van der Waals surface area contributed by atoms with E-state index in [1.165, 1.54) is 12.4 Å². The molecular weight excluding hydrogens is 415 g/mol. The second-order valence-electron chi connectivity index (χ2n) is 6.72. The van der Waals surface area contributed by atoms with Crippen molar-refractivity contribution < 1.29 is 4.39 Å². The molecule has 5 aromatic heterocycles. The van der Waals surface area contributed by atoms with Crippen LogP contribution >= 0.6 is 11.3 Å². The molecule has 0 bridgehead atoms. The van der Waals surface area contributed by atoms with Crippen LogP contribution in [0.5, 0.6) is 0 Å². The van der Waals surface area contributed by atoms with Gasteiger partial charge >= 0.3 is 0 Å². The lowest BCUT2D eigenvalue weighted by Crippen LogP contribution is -1.87. The van der Waals surface area contributed by atoms with E-state index in [9.17, 15) is 4.39 Å². The van der Waals surface area contributed by atoms with Crippen molar-refractivity contribution in [3.63, 3.8) is 0 Å². The zero-order chi connectivity index (χ0) is 21.4. The number of rotatable bonds is 5. The molecule has 0 saturated carbocycles. The molecule has 0 radical (unpaired) electrons. The molecule has 0 unspecified atom stereocenters. The van der Waals surface area contributed by atoms with E-state index < -0.39 is 0 Å². The van der Waals surface area contributed by atoms with Gasteiger partial charge in [-0.25, -0.2) is 9.98 Å². The number of fused-ring (bicyclic) bond motifs is 2. The van der Waals surface area contributed by atoms with Gasteiger partial charge in [-0.3, -0.25) is 20.1 Å². The first kappa shape index (κ1) is 18.9. The Labute approximate surface area is 179 Å². The van der Waals surface area contributed by atoms with Crippen molar-refractivity contribution in [1.82, 2.24) is 30.1 Å². The van der Waals surface area contributed by atoms with Gasteiger partial charge in [-0.1, -0.05) is 0 Å². The van der Waals surface area contributed by atoms with Crippen LogP contribution in [0, 0.1) is 5.13 Å². The molecule has 5 rings (SSSR count). The maximum absolute atomic E-state index is 13.5. The minimum Gasteiger partial charge on any atom is -0.335 e. The average Bonchev–Trinajstić information content (AvgIpc) is 3.50. The Morgan fingerprint density at radius 2 is 2.13 bits per heavy atom. The summed E-state index contributed by atoms with van der Waals surface area (Å²) in [4.78, 5) is 25.2. The fourth-order valence-electron chi connectivity index (χ4n) is 3.26. The van der Waals surface area contributed by atoms with E-state index in [0.29, 0.717) is 17.0 Å². The lowest BCUT2D eigenvalue weighted by atomic mass is 10.1. The van der Waals surface area contributed by atoms with E-state index in [1.807, 2.05) is 13.0 Å². The van der Waals surface area contributed by atoms with Crippen LogP contribution in [0.1, 0.15) is 12.6 Å². The number of aromatic amines is 2. The van der Waals surface area contributed by atoms with Crippen molar-refractivity contribution in [2.24, 2.45) is 9.98 Å². The zero-order valence-corrected chi connectivity index (χ0v) is 17.1. The second kappa shape index (κ2) is 7.65. The molecule has 0 amide bonds. The van der Waals surface area contributed by atoms with Gasteiger partial charge in [0.15, 0.2) is 11.0 Å². The summed E-state index contributed by atoms with van der Waals surface area (Å²) < 4.78 is 13.5. The summed E-state index contributed by atoms with van der Waals surface area (Å²) in [6.07, 6.45) is 8.14. The van der Waals surface area contributed by atoms with Gasteiger partial charge in [-0.2, -0.15) is 9.49 Å². The molecule has 5 heterocycles. The number of nitrogens with zero attached hydrogens (tertiary/aromatic N) is 6. The van der Waals surface area contributed by atoms with Crippen LogP contribution in [0.15, 0.2) is 53.0 Å². The van der Waals surface area contributed by atoms with Crippen molar-refractivity contribution in [3.05, 3.63) is 53.8 Å². The topological polar surface area (TPSA) is 108 Å². The number of nitrogens with one attached hydrogen (secondary N) is 2. The highest BCUT2D eigenvalue weighted by Gasteiger charge is 2.17. The third kappa shape index (κ3) is 3.42. The Morgan fingerprint density at radius 3 is 2.94 bits per heavy atom. The highest BCUT2D eigenvalue weighted by Crippen LogP contribution is 2.34. The maximum atomic E-state index is 13.5. The Balaban J connectivity index is 1.62. The smallest absolute Gasteiger partial charge is 0.176 e. The summed E-state index contributed by atoms with van der Waals surface area (Å²) in [6.45, 7) is 5.28. The molecule has 0 spiro atoms. The van der Waals surface area contributed by atoms with Crippen LogP contribution in [0.2, 0.25) is 0 Å². The first-order valence-corrected chi connectivity index (χ1v) is 10.0. The summed E-state index contributed by atoms with van der Waals surface area (Å²) in [5.74, 6) is 0.584. The van der Waals surface area contributed by atoms with Gasteiger partial charge in [0.05, 0.1) is 29.1 Å². The highest BCUT2D eigenvalue weighted by atomic mass is 32.1. The summed E-state index contributed by atoms with van der Waals surface area (Å²) >= 11 is 1.06. The molecule has 0 fully saturated rings. The first-order chi connectivity index (χ1) is 15.1. The number of hydrogen-bond acceptors (Lipinski definition) is 6. The van der Waals surface area contributed by atoms with Gasteiger partial charge in [0.25, 0.3) is 0 Å². The van der Waals surface area contributed by atoms with Gasteiger partial charge in [0, 0.05) is 28.2 Å². The Kier molecular flexibility index (Phi) is 4.68. The molecule has 0 aliphatic carbocycles. The third-order valence-corrected chi connectivity index (χ3v) is 5.63. The van der Waals surface area contributed by atoms with E-state index in [4.69, 9.17) is 4.98 Å². The van der Waals surface area contributed by atoms with Crippen molar-refractivity contribution in [3.8, 4) is 22.0 Å². The van der Waals surface area contributed by atoms with Crippen LogP contribution in [0.4, 0.5) is 4.39 Å². The van der Waals surface area contributed by atoms with Crippen LogP contribution in [0.3, 0.4) is 0 Å². The number of H-pyrrole nitrogens is 2. The second-order valence-corrected chi connectivity index (χ2v) is 7.75. The average molecular weight is 430 g/mol. The number of thiophene rings is 1. The fourth-order valence-corrected chi connectivity index (χ4v) is 4.00. The summed E-state index contributed by atoms with van der Waals surface area (Å²) in [5, 5.41) is 8.03. The van der Waals surface area contributed by atoms with Gasteiger partial charge in [-0.05, 0) is 37.4 Å². The van der Waals surface area contributed by atoms with Crippen LogP contribution in [-0.2, 0) is 0 Å². The lowest BCUT2D eigenvalue weighted by Gasteiger charge is -2.00. The molecule has 5 aromatic rings. The molecule has 0 saturated heterocycles. The molecule has 2 N–H and O–H groups in total. The molecule has 10 heteroatoms. The van der Waals surface area contributed by atoms with Crippen LogP contribution in [0.25, 0.3) is 49.5 Å². The number of imidazole rings is 1. The Hall–Kier alpha value is -4.05. The Bertz CT molecular complexity index is 1490. The number of pyridine rings is 2. The molecule has 0 aromatic carbocycles. The molecule has 152 valence electrons. The molecule has 31 heavy (non-hydrogen) atoms. The van der Waals surface area contributed by atoms with E-state index in [2.05, 4.69) is 41.9 Å². The number of allylic oxidation sites excluding steroid dienone is 1. The predicted octanol–water partition coefficient (Wildman–Crippen LogP) is 4.85. The third-order valence-electron chi connectivity index (χ3n) is 4.72. The molecule has 0 atom stereocenters. The lowest BCUT2D eigenvalue weighted by molar-refractivity contribution is 0.657. The van der Waals surface area contributed by atoms with E-state index >= 15 is 0 Å². The first-order valence-electron chi connectivity index (χ1n) is 9.22. The largest absolute Gasteiger partial charge is 0.335 e. The van der Waals surface area contributed by atoms with Gasteiger partial charge in [0.1, 0.15) is 17.5 Å². The van der Waals surface area contributed by atoms with Gasteiger partial charge in [-0.15, -0.1) is 11.3 Å². The molecule has 0 aliphatic heterocycles. The van der Waals surface area contributed by atoms with Crippen molar-refractivity contribution in [1.29, 1.82) is 0 Å².